The molecular weight excluding hydrogens is 500 g/mol. The molecule has 0 saturated heterocycles. The number of hydrogen-bond donors (Lipinski definition) is 2. The smallest absolute Gasteiger partial charge is 0.233 e. The molecule has 5 nitrogen and oxygen atoms in total. The van der Waals surface area contributed by atoms with Crippen LogP contribution in [-0.2, 0) is 16.6 Å². The summed E-state index contributed by atoms with van der Waals surface area (Å²) < 4.78 is 0. The normalized spacial score (nSPS) is 22.5. The first kappa shape index (κ1) is 23.6. The zero-order chi connectivity index (χ0) is 26.6. The molecule has 0 aliphatic heterocycles. The molecule has 2 heterocycles. The van der Waals surface area contributed by atoms with Gasteiger partial charge in [-0.15, -0.1) is 11.3 Å². The van der Waals surface area contributed by atoms with Crippen molar-refractivity contribution in [1.82, 2.24) is 9.97 Å². The zero-order valence-corrected chi connectivity index (χ0v) is 22.3. The number of fused-ring (bicyclic) bond motifs is 1. The van der Waals surface area contributed by atoms with Crippen LogP contribution in [0.3, 0.4) is 0 Å². The molecular formula is C33H26N4OS. The molecule has 0 radical (unpaired) electrons. The van der Waals surface area contributed by atoms with Gasteiger partial charge in [0, 0.05) is 29.6 Å². The first-order valence-electron chi connectivity index (χ1n) is 13.1. The van der Waals surface area contributed by atoms with E-state index in [0.717, 1.165) is 44.8 Å². The Morgan fingerprint density at radius 1 is 1.03 bits per heavy atom. The Morgan fingerprint density at radius 2 is 1.72 bits per heavy atom. The van der Waals surface area contributed by atoms with Crippen LogP contribution >= 0.6 is 11.3 Å². The number of carbonyl (C=O) groups excluding carboxylic acids is 1. The summed E-state index contributed by atoms with van der Waals surface area (Å²) in [6, 6.07) is 31.4. The molecule has 39 heavy (non-hydrogen) atoms. The second kappa shape index (κ2) is 8.79. The van der Waals surface area contributed by atoms with Crippen LogP contribution in [0.5, 0.6) is 0 Å². The molecule has 0 saturated carbocycles. The summed E-state index contributed by atoms with van der Waals surface area (Å²) in [7, 11) is 0. The van der Waals surface area contributed by atoms with Gasteiger partial charge in [0.2, 0.25) is 5.91 Å². The molecule has 0 spiro atoms. The topological polar surface area (TPSA) is 81.6 Å². The predicted molar refractivity (Wildman–Crippen MR) is 154 cm³/mol. The van der Waals surface area contributed by atoms with Gasteiger partial charge in [-0.25, -0.2) is 4.98 Å². The molecule has 2 bridgehead atoms. The van der Waals surface area contributed by atoms with Crippen molar-refractivity contribution in [2.24, 2.45) is 5.41 Å². The van der Waals surface area contributed by atoms with E-state index in [1.165, 1.54) is 11.3 Å². The van der Waals surface area contributed by atoms with E-state index in [2.05, 4.69) is 71.0 Å². The number of H-pyrrole nitrogens is 1. The Labute approximate surface area is 231 Å². The number of nitrogens with zero attached hydrogens (tertiary/aromatic N) is 2. The maximum Gasteiger partial charge on any atom is 0.233 e. The SMILES string of the molecule is CC1(C(=O)Nc2nc(Cc3ccc(-c4ccc[nH]4)cc3)cs2)CC2(C#N)c3ccccc3C1c1ccccc12. The number of carbonyl (C=O) groups is 1. The number of nitrogens with one attached hydrogen (secondary N) is 2. The Bertz CT molecular complexity index is 1700. The molecule has 6 heteroatoms. The van der Waals surface area contributed by atoms with E-state index in [1.54, 1.807) is 0 Å². The largest absolute Gasteiger partial charge is 0.361 e. The third-order valence-corrected chi connectivity index (χ3v) is 9.27. The van der Waals surface area contributed by atoms with Crippen LogP contribution in [0.25, 0.3) is 11.3 Å². The fourth-order valence-electron chi connectivity index (χ4n) is 6.70. The first-order chi connectivity index (χ1) is 19.0. The second-order valence-corrected chi connectivity index (χ2v) is 11.6. The van der Waals surface area contributed by atoms with Gasteiger partial charge in [0.05, 0.1) is 17.2 Å². The number of thiazole rings is 1. The Morgan fingerprint density at radius 3 is 2.36 bits per heavy atom. The molecule has 1 unspecified atom stereocenters. The minimum atomic E-state index is -0.853. The van der Waals surface area contributed by atoms with E-state index in [9.17, 15) is 10.1 Å². The molecule has 3 aromatic carbocycles. The van der Waals surface area contributed by atoms with Crippen molar-refractivity contribution in [3.8, 4) is 17.3 Å². The molecule has 0 fully saturated rings. The summed E-state index contributed by atoms with van der Waals surface area (Å²) in [4.78, 5) is 22.0. The number of rotatable bonds is 5. The lowest BCUT2D eigenvalue weighted by Gasteiger charge is -2.54. The standard InChI is InChI=1S/C33H26N4OS/c1-32(19-33(20-34)26-9-4-2-7-24(26)29(32)25-8-3-5-10-27(25)33)30(38)37-31-36-23(18-39-31)17-21-12-14-22(15-13-21)28-11-6-16-35-28/h2-16,18,29,35H,17,19H2,1H3,(H,36,37,38). The highest BCUT2D eigenvalue weighted by atomic mass is 32.1. The average Bonchev–Trinajstić information content (AvgIpc) is 3.66. The molecule has 8 rings (SSSR count). The number of anilines is 1. The molecule has 2 N–H and O–H groups in total. The molecule has 190 valence electrons. The van der Waals surface area contributed by atoms with Gasteiger partial charge in [0.15, 0.2) is 5.13 Å². The second-order valence-electron chi connectivity index (χ2n) is 10.8. The average molecular weight is 527 g/mol. The molecule has 5 aromatic rings. The van der Waals surface area contributed by atoms with Crippen LogP contribution in [0.1, 0.15) is 52.8 Å². The predicted octanol–water partition coefficient (Wildman–Crippen LogP) is 7.03. The van der Waals surface area contributed by atoms with Crippen molar-refractivity contribution >= 4 is 22.4 Å². The van der Waals surface area contributed by atoms with Crippen molar-refractivity contribution < 1.29 is 4.79 Å². The third-order valence-electron chi connectivity index (χ3n) is 8.46. The molecule has 1 atom stereocenters. The first-order valence-corrected chi connectivity index (χ1v) is 14.0. The van der Waals surface area contributed by atoms with Crippen LogP contribution in [0.4, 0.5) is 5.13 Å². The number of benzene rings is 3. The highest BCUT2D eigenvalue weighted by molar-refractivity contribution is 7.13. The van der Waals surface area contributed by atoms with Crippen molar-refractivity contribution in [3.63, 3.8) is 0 Å². The van der Waals surface area contributed by atoms with Gasteiger partial charge in [-0.05, 0) is 58.9 Å². The third kappa shape index (κ3) is 3.58. The number of aromatic nitrogens is 2. The summed E-state index contributed by atoms with van der Waals surface area (Å²) >= 11 is 1.44. The summed E-state index contributed by atoms with van der Waals surface area (Å²) in [6.45, 7) is 2.01. The minimum absolute atomic E-state index is 0.0904. The van der Waals surface area contributed by atoms with Gasteiger partial charge in [0.25, 0.3) is 0 Å². The highest BCUT2D eigenvalue weighted by Crippen LogP contribution is 2.63. The highest BCUT2D eigenvalue weighted by Gasteiger charge is 2.61. The maximum absolute atomic E-state index is 14.0. The number of nitriles is 1. The van der Waals surface area contributed by atoms with Gasteiger partial charge in [-0.2, -0.15) is 5.26 Å². The fourth-order valence-corrected chi connectivity index (χ4v) is 7.40. The quantitative estimate of drug-likeness (QED) is 0.258. The molecule has 3 aliphatic rings. The Kier molecular flexibility index (Phi) is 5.33. The van der Waals surface area contributed by atoms with E-state index < -0.39 is 10.8 Å². The lowest BCUT2D eigenvalue weighted by molar-refractivity contribution is -0.127. The summed E-state index contributed by atoms with van der Waals surface area (Å²) in [5.41, 5.74) is 6.87. The molecule has 1 amide bonds. The van der Waals surface area contributed by atoms with E-state index in [-0.39, 0.29) is 11.8 Å². The lowest BCUT2D eigenvalue weighted by atomic mass is 9.47. The Balaban J connectivity index is 1.15. The van der Waals surface area contributed by atoms with E-state index in [1.807, 2.05) is 48.8 Å². The van der Waals surface area contributed by atoms with Gasteiger partial charge >= 0.3 is 0 Å². The fraction of sp³-hybridized carbons (Fsp3) is 0.182. The van der Waals surface area contributed by atoms with Crippen LogP contribution in [0.15, 0.2) is 96.5 Å². The number of hydrogen-bond acceptors (Lipinski definition) is 4. The van der Waals surface area contributed by atoms with Gasteiger partial charge in [0.1, 0.15) is 5.41 Å². The van der Waals surface area contributed by atoms with Crippen LogP contribution in [0, 0.1) is 16.7 Å². The lowest BCUT2D eigenvalue weighted by Crippen LogP contribution is -2.53. The summed E-state index contributed by atoms with van der Waals surface area (Å²) in [5, 5.41) is 16.3. The summed E-state index contributed by atoms with van der Waals surface area (Å²) in [6.07, 6.45) is 3.05. The van der Waals surface area contributed by atoms with Crippen molar-refractivity contribution in [2.45, 2.75) is 31.1 Å². The van der Waals surface area contributed by atoms with Crippen molar-refractivity contribution in [2.75, 3.05) is 5.32 Å². The van der Waals surface area contributed by atoms with Crippen LogP contribution < -0.4 is 5.32 Å². The number of aromatic amines is 1. The maximum atomic E-state index is 14.0. The molecule has 2 aromatic heterocycles. The zero-order valence-electron chi connectivity index (χ0n) is 21.4. The van der Waals surface area contributed by atoms with Crippen LogP contribution in [0.2, 0.25) is 0 Å². The monoisotopic (exact) mass is 526 g/mol. The van der Waals surface area contributed by atoms with Gasteiger partial charge in [-0.1, -0.05) is 72.8 Å². The van der Waals surface area contributed by atoms with E-state index in [4.69, 9.17) is 4.98 Å². The van der Waals surface area contributed by atoms with Gasteiger partial charge < -0.3 is 10.3 Å². The van der Waals surface area contributed by atoms with Crippen LogP contribution in [-0.4, -0.2) is 15.9 Å². The Hall–Kier alpha value is -4.47. The van der Waals surface area contributed by atoms with E-state index >= 15 is 0 Å². The van der Waals surface area contributed by atoms with Gasteiger partial charge in [-0.3, -0.25) is 4.79 Å². The number of amides is 1. The summed E-state index contributed by atoms with van der Waals surface area (Å²) in [5.74, 6) is -0.218. The van der Waals surface area contributed by atoms with E-state index in [0.29, 0.717) is 18.0 Å². The van der Waals surface area contributed by atoms with Crippen molar-refractivity contribution in [1.29, 1.82) is 5.26 Å². The minimum Gasteiger partial charge on any atom is -0.361 e. The van der Waals surface area contributed by atoms with Crippen molar-refractivity contribution in [3.05, 3.63) is 130 Å². The molecule has 3 aliphatic carbocycles.